The SMILES string of the molecule is CC(=O)NC(C(=O)N[C@@H]1CC[C@H](C(=O)O)C1)C1CCCC1. The Kier molecular flexibility index (Phi) is 5.20. The monoisotopic (exact) mass is 296 g/mol. The molecule has 6 nitrogen and oxygen atoms in total. The number of nitrogens with one attached hydrogen (secondary N) is 2. The van der Waals surface area contributed by atoms with Gasteiger partial charge in [-0.1, -0.05) is 12.8 Å². The van der Waals surface area contributed by atoms with E-state index in [-0.39, 0.29) is 29.7 Å². The Labute approximate surface area is 124 Å². The number of aliphatic carboxylic acids is 1. The van der Waals surface area contributed by atoms with Crippen molar-refractivity contribution in [3.63, 3.8) is 0 Å². The molecule has 0 heterocycles. The van der Waals surface area contributed by atoms with Crippen LogP contribution in [0.5, 0.6) is 0 Å². The van der Waals surface area contributed by atoms with Gasteiger partial charge in [0.25, 0.3) is 0 Å². The average Bonchev–Trinajstić information content (AvgIpc) is 3.06. The van der Waals surface area contributed by atoms with Gasteiger partial charge in [-0.05, 0) is 38.0 Å². The van der Waals surface area contributed by atoms with Crippen molar-refractivity contribution in [1.29, 1.82) is 0 Å². The third-order valence-electron chi connectivity index (χ3n) is 4.64. The lowest BCUT2D eigenvalue weighted by atomic mass is 9.96. The summed E-state index contributed by atoms with van der Waals surface area (Å²) in [5, 5.41) is 14.7. The smallest absolute Gasteiger partial charge is 0.306 e. The molecule has 0 aliphatic heterocycles. The van der Waals surface area contributed by atoms with E-state index in [1.807, 2.05) is 0 Å². The lowest BCUT2D eigenvalue weighted by Crippen LogP contribution is -2.51. The summed E-state index contributed by atoms with van der Waals surface area (Å²) in [6.07, 6.45) is 5.89. The van der Waals surface area contributed by atoms with Crippen LogP contribution < -0.4 is 10.6 Å². The van der Waals surface area contributed by atoms with Gasteiger partial charge in [0, 0.05) is 13.0 Å². The molecule has 2 aliphatic carbocycles. The lowest BCUT2D eigenvalue weighted by molar-refractivity contribution is -0.141. The van der Waals surface area contributed by atoms with Crippen LogP contribution in [0, 0.1) is 11.8 Å². The topological polar surface area (TPSA) is 95.5 Å². The summed E-state index contributed by atoms with van der Waals surface area (Å²) >= 11 is 0. The van der Waals surface area contributed by atoms with Crippen molar-refractivity contribution in [1.82, 2.24) is 10.6 Å². The molecule has 2 rings (SSSR count). The zero-order valence-corrected chi connectivity index (χ0v) is 12.4. The van der Waals surface area contributed by atoms with Crippen LogP contribution in [0.4, 0.5) is 0 Å². The molecular weight excluding hydrogens is 272 g/mol. The number of rotatable bonds is 5. The molecule has 1 unspecified atom stereocenters. The fourth-order valence-corrected chi connectivity index (χ4v) is 3.54. The van der Waals surface area contributed by atoms with E-state index in [2.05, 4.69) is 10.6 Å². The van der Waals surface area contributed by atoms with Gasteiger partial charge >= 0.3 is 5.97 Å². The molecule has 3 atom stereocenters. The molecule has 0 aromatic heterocycles. The van der Waals surface area contributed by atoms with Crippen molar-refractivity contribution >= 4 is 17.8 Å². The van der Waals surface area contributed by atoms with Gasteiger partial charge in [0.1, 0.15) is 6.04 Å². The van der Waals surface area contributed by atoms with Crippen LogP contribution in [0.1, 0.15) is 51.9 Å². The molecule has 0 aromatic rings. The number of carbonyl (C=O) groups excluding carboxylic acids is 2. The highest BCUT2D eigenvalue weighted by Gasteiger charge is 2.35. The molecule has 2 aliphatic rings. The highest BCUT2D eigenvalue weighted by atomic mass is 16.4. The Hall–Kier alpha value is -1.59. The van der Waals surface area contributed by atoms with Crippen LogP contribution in [-0.2, 0) is 14.4 Å². The van der Waals surface area contributed by atoms with Crippen molar-refractivity contribution in [2.45, 2.75) is 64.0 Å². The number of carbonyl (C=O) groups is 3. The van der Waals surface area contributed by atoms with Crippen molar-refractivity contribution in [3.05, 3.63) is 0 Å². The molecule has 2 fully saturated rings. The van der Waals surface area contributed by atoms with Gasteiger partial charge in [-0.25, -0.2) is 0 Å². The highest BCUT2D eigenvalue weighted by molar-refractivity contribution is 5.87. The Balaban J connectivity index is 1.92. The van der Waals surface area contributed by atoms with Crippen LogP contribution in [0.2, 0.25) is 0 Å². The molecule has 118 valence electrons. The van der Waals surface area contributed by atoms with Crippen molar-refractivity contribution in [3.8, 4) is 0 Å². The minimum atomic E-state index is -0.791. The van der Waals surface area contributed by atoms with Crippen LogP contribution in [0.3, 0.4) is 0 Å². The normalized spacial score (nSPS) is 27.3. The molecule has 0 aromatic carbocycles. The summed E-state index contributed by atoms with van der Waals surface area (Å²) in [6.45, 7) is 1.42. The quantitative estimate of drug-likeness (QED) is 0.706. The van der Waals surface area contributed by atoms with Gasteiger partial charge in [0.2, 0.25) is 11.8 Å². The zero-order valence-electron chi connectivity index (χ0n) is 12.4. The van der Waals surface area contributed by atoms with Crippen LogP contribution >= 0.6 is 0 Å². The van der Waals surface area contributed by atoms with Crippen LogP contribution in [0.25, 0.3) is 0 Å². The van der Waals surface area contributed by atoms with Crippen LogP contribution in [-0.4, -0.2) is 35.0 Å². The number of carboxylic acid groups (broad SMARTS) is 1. The highest BCUT2D eigenvalue weighted by Crippen LogP contribution is 2.29. The minimum Gasteiger partial charge on any atom is -0.481 e. The average molecular weight is 296 g/mol. The molecule has 2 saturated carbocycles. The number of hydrogen-bond donors (Lipinski definition) is 3. The number of hydrogen-bond acceptors (Lipinski definition) is 3. The van der Waals surface area contributed by atoms with E-state index in [0.29, 0.717) is 19.3 Å². The molecule has 2 amide bonds. The number of carboxylic acids is 1. The summed E-state index contributed by atoms with van der Waals surface area (Å²) in [6, 6.07) is -0.565. The molecule has 0 spiro atoms. The molecule has 0 saturated heterocycles. The van der Waals surface area contributed by atoms with Crippen molar-refractivity contribution in [2.24, 2.45) is 11.8 Å². The molecule has 0 bridgehead atoms. The first-order chi connectivity index (χ1) is 9.97. The Bertz CT molecular complexity index is 418. The van der Waals surface area contributed by atoms with E-state index >= 15 is 0 Å². The van der Waals surface area contributed by atoms with Gasteiger partial charge in [0.05, 0.1) is 5.92 Å². The predicted octanol–water partition coefficient (Wildman–Crippen LogP) is 1.05. The number of amides is 2. The van der Waals surface area contributed by atoms with Crippen LogP contribution in [0.15, 0.2) is 0 Å². The van der Waals surface area contributed by atoms with Gasteiger partial charge < -0.3 is 15.7 Å². The summed E-state index contributed by atoms with van der Waals surface area (Å²) in [5.41, 5.74) is 0. The zero-order chi connectivity index (χ0) is 15.4. The fourth-order valence-electron chi connectivity index (χ4n) is 3.54. The second-order valence-electron chi connectivity index (χ2n) is 6.28. The summed E-state index contributed by atoms with van der Waals surface area (Å²) in [7, 11) is 0. The van der Waals surface area contributed by atoms with Gasteiger partial charge in [0.15, 0.2) is 0 Å². The van der Waals surface area contributed by atoms with Gasteiger partial charge in [-0.2, -0.15) is 0 Å². The third kappa shape index (κ3) is 4.19. The predicted molar refractivity (Wildman–Crippen MR) is 76.5 cm³/mol. The van der Waals surface area contributed by atoms with E-state index in [9.17, 15) is 14.4 Å². The van der Waals surface area contributed by atoms with E-state index in [1.54, 1.807) is 0 Å². The fraction of sp³-hybridized carbons (Fsp3) is 0.800. The second-order valence-corrected chi connectivity index (χ2v) is 6.28. The first kappa shape index (κ1) is 15.8. The van der Waals surface area contributed by atoms with E-state index < -0.39 is 12.0 Å². The molecule has 21 heavy (non-hydrogen) atoms. The maximum Gasteiger partial charge on any atom is 0.306 e. The Morgan fingerprint density at radius 3 is 2.29 bits per heavy atom. The third-order valence-corrected chi connectivity index (χ3v) is 4.64. The largest absolute Gasteiger partial charge is 0.481 e. The van der Waals surface area contributed by atoms with E-state index in [1.165, 1.54) is 6.92 Å². The minimum absolute atomic E-state index is 0.0868. The molecule has 6 heteroatoms. The standard InChI is InChI=1S/C15H24N2O4/c1-9(18)16-13(10-4-2-3-5-10)14(19)17-12-7-6-11(8-12)15(20)21/h10-13H,2-8H2,1H3,(H,16,18)(H,17,19)(H,20,21)/t11-,12+,13?/m0/s1. The maximum atomic E-state index is 12.4. The molecule has 0 radical (unpaired) electrons. The van der Waals surface area contributed by atoms with E-state index in [4.69, 9.17) is 5.11 Å². The first-order valence-corrected chi connectivity index (χ1v) is 7.77. The lowest BCUT2D eigenvalue weighted by Gasteiger charge is -2.25. The summed E-state index contributed by atoms with van der Waals surface area (Å²) < 4.78 is 0. The Morgan fingerprint density at radius 1 is 1.10 bits per heavy atom. The second kappa shape index (κ2) is 6.91. The summed E-state index contributed by atoms with van der Waals surface area (Å²) in [5.74, 6) is -1.31. The Morgan fingerprint density at radius 2 is 1.76 bits per heavy atom. The van der Waals surface area contributed by atoms with Crippen molar-refractivity contribution < 1.29 is 19.5 Å². The van der Waals surface area contributed by atoms with Gasteiger partial charge in [-0.3, -0.25) is 14.4 Å². The molecule has 3 N–H and O–H groups in total. The summed E-state index contributed by atoms with van der Waals surface area (Å²) in [4.78, 5) is 34.7. The van der Waals surface area contributed by atoms with Gasteiger partial charge in [-0.15, -0.1) is 0 Å². The van der Waals surface area contributed by atoms with Crippen molar-refractivity contribution in [2.75, 3.05) is 0 Å². The first-order valence-electron chi connectivity index (χ1n) is 7.77. The van der Waals surface area contributed by atoms with E-state index in [0.717, 1.165) is 25.7 Å². The molecular formula is C15H24N2O4. The maximum absolute atomic E-state index is 12.4.